The van der Waals surface area contributed by atoms with Crippen molar-refractivity contribution in [3.63, 3.8) is 0 Å². The SMILES string of the molecule is CC(C)c1cccc(NC(=O)C(N)C(C)C)c1.Cl. The van der Waals surface area contributed by atoms with Gasteiger partial charge in [0, 0.05) is 5.69 Å². The maximum Gasteiger partial charge on any atom is 0.241 e. The smallest absolute Gasteiger partial charge is 0.241 e. The Balaban J connectivity index is 0.00000289. The summed E-state index contributed by atoms with van der Waals surface area (Å²) in [6, 6.07) is 7.43. The second-order valence-electron chi connectivity index (χ2n) is 5.04. The number of carbonyl (C=O) groups excluding carboxylic acids is 1. The molecule has 0 aliphatic rings. The van der Waals surface area contributed by atoms with Gasteiger partial charge in [0.05, 0.1) is 6.04 Å². The molecule has 1 aromatic rings. The summed E-state index contributed by atoms with van der Waals surface area (Å²) >= 11 is 0. The first kappa shape index (κ1) is 16.9. The van der Waals surface area contributed by atoms with E-state index in [0.717, 1.165) is 5.69 Å². The molecule has 0 aliphatic heterocycles. The van der Waals surface area contributed by atoms with E-state index < -0.39 is 6.04 Å². The van der Waals surface area contributed by atoms with Gasteiger partial charge in [0.2, 0.25) is 5.91 Å². The van der Waals surface area contributed by atoms with E-state index in [4.69, 9.17) is 5.73 Å². The summed E-state index contributed by atoms with van der Waals surface area (Å²) in [6.07, 6.45) is 0. The van der Waals surface area contributed by atoms with Crippen LogP contribution in [0.4, 0.5) is 5.69 Å². The molecule has 102 valence electrons. The van der Waals surface area contributed by atoms with Crippen molar-refractivity contribution in [3.05, 3.63) is 29.8 Å². The molecule has 0 saturated heterocycles. The van der Waals surface area contributed by atoms with Crippen molar-refractivity contribution in [3.8, 4) is 0 Å². The number of carbonyl (C=O) groups is 1. The molecule has 0 aromatic heterocycles. The van der Waals surface area contributed by atoms with E-state index in [9.17, 15) is 4.79 Å². The zero-order valence-corrected chi connectivity index (χ0v) is 12.3. The van der Waals surface area contributed by atoms with Crippen LogP contribution < -0.4 is 11.1 Å². The number of amides is 1. The van der Waals surface area contributed by atoms with E-state index in [2.05, 4.69) is 25.2 Å². The lowest BCUT2D eigenvalue weighted by Crippen LogP contribution is -2.39. The highest BCUT2D eigenvalue weighted by Crippen LogP contribution is 2.18. The molecular formula is C14H23ClN2O. The van der Waals surface area contributed by atoms with Crippen LogP contribution in [0.1, 0.15) is 39.2 Å². The Morgan fingerprint density at radius 2 is 1.83 bits per heavy atom. The van der Waals surface area contributed by atoms with Crippen LogP contribution in [0.15, 0.2) is 24.3 Å². The molecule has 0 radical (unpaired) electrons. The van der Waals surface area contributed by atoms with Crippen molar-refractivity contribution < 1.29 is 4.79 Å². The normalized spacial score (nSPS) is 12.2. The van der Waals surface area contributed by atoms with Crippen LogP contribution in [0.3, 0.4) is 0 Å². The number of benzene rings is 1. The van der Waals surface area contributed by atoms with Crippen LogP contribution >= 0.6 is 12.4 Å². The van der Waals surface area contributed by atoms with Crippen molar-refractivity contribution >= 4 is 24.0 Å². The van der Waals surface area contributed by atoms with E-state index in [0.29, 0.717) is 5.92 Å². The summed E-state index contributed by atoms with van der Waals surface area (Å²) in [5.74, 6) is 0.467. The Hall–Kier alpha value is -1.06. The first-order valence-electron chi connectivity index (χ1n) is 6.08. The summed E-state index contributed by atoms with van der Waals surface area (Å²) in [5, 5.41) is 2.85. The fourth-order valence-corrected chi connectivity index (χ4v) is 1.50. The number of nitrogens with one attached hydrogen (secondary N) is 1. The Morgan fingerprint density at radius 3 is 2.33 bits per heavy atom. The van der Waals surface area contributed by atoms with Crippen LogP contribution in [0.2, 0.25) is 0 Å². The molecule has 18 heavy (non-hydrogen) atoms. The summed E-state index contributed by atoms with van der Waals surface area (Å²) in [5.41, 5.74) is 7.82. The van der Waals surface area contributed by atoms with E-state index in [1.165, 1.54) is 5.56 Å². The molecule has 1 unspecified atom stereocenters. The van der Waals surface area contributed by atoms with Gasteiger partial charge in [0.1, 0.15) is 0 Å². The molecule has 0 heterocycles. The molecule has 0 saturated carbocycles. The number of hydrogen-bond acceptors (Lipinski definition) is 2. The van der Waals surface area contributed by atoms with Gasteiger partial charge in [-0.25, -0.2) is 0 Å². The van der Waals surface area contributed by atoms with E-state index >= 15 is 0 Å². The summed E-state index contributed by atoms with van der Waals surface area (Å²) in [6.45, 7) is 8.13. The molecule has 0 bridgehead atoms. The van der Waals surface area contributed by atoms with Crippen LogP contribution in [0, 0.1) is 5.92 Å². The monoisotopic (exact) mass is 270 g/mol. The van der Waals surface area contributed by atoms with Crippen LogP contribution in [0.25, 0.3) is 0 Å². The highest BCUT2D eigenvalue weighted by Gasteiger charge is 2.17. The van der Waals surface area contributed by atoms with E-state index in [-0.39, 0.29) is 24.2 Å². The van der Waals surface area contributed by atoms with Gasteiger partial charge in [-0.3, -0.25) is 4.79 Å². The Morgan fingerprint density at radius 1 is 1.22 bits per heavy atom. The zero-order chi connectivity index (χ0) is 13.0. The summed E-state index contributed by atoms with van der Waals surface area (Å²) in [4.78, 5) is 11.8. The van der Waals surface area contributed by atoms with Gasteiger partial charge in [-0.1, -0.05) is 39.8 Å². The lowest BCUT2D eigenvalue weighted by molar-refractivity contribution is -0.118. The maximum atomic E-state index is 11.8. The number of nitrogens with two attached hydrogens (primary N) is 1. The predicted octanol–water partition coefficient (Wildman–Crippen LogP) is 3.15. The number of anilines is 1. The minimum absolute atomic E-state index is 0. The van der Waals surface area contributed by atoms with Crippen molar-refractivity contribution in [2.24, 2.45) is 11.7 Å². The molecule has 0 aliphatic carbocycles. The van der Waals surface area contributed by atoms with Crippen molar-refractivity contribution in [2.45, 2.75) is 39.7 Å². The first-order chi connectivity index (χ1) is 7.91. The molecule has 1 amide bonds. The average molecular weight is 271 g/mol. The number of halogens is 1. The minimum Gasteiger partial charge on any atom is -0.325 e. The molecule has 1 rings (SSSR count). The minimum atomic E-state index is -0.460. The van der Waals surface area contributed by atoms with E-state index in [1.807, 2.05) is 32.0 Å². The Bertz CT molecular complexity index is 391. The predicted molar refractivity (Wildman–Crippen MR) is 79.2 cm³/mol. The highest BCUT2D eigenvalue weighted by atomic mass is 35.5. The zero-order valence-electron chi connectivity index (χ0n) is 11.4. The number of rotatable bonds is 4. The standard InChI is InChI=1S/C14H22N2O.ClH/c1-9(2)11-6-5-7-12(8-11)16-14(17)13(15)10(3)4;/h5-10,13H,15H2,1-4H3,(H,16,17);1H. The van der Waals surface area contributed by atoms with Crippen LogP contribution in [-0.4, -0.2) is 11.9 Å². The lowest BCUT2D eigenvalue weighted by Gasteiger charge is -2.16. The Labute approximate surface area is 116 Å². The van der Waals surface area contributed by atoms with Crippen LogP contribution in [-0.2, 0) is 4.79 Å². The second-order valence-corrected chi connectivity index (χ2v) is 5.04. The van der Waals surface area contributed by atoms with E-state index in [1.54, 1.807) is 0 Å². The van der Waals surface area contributed by atoms with Gasteiger partial charge >= 0.3 is 0 Å². The third-order valence-electron chi connectivity index (χ3n) is 2.84. The van der Waals surface area contributed by atoms with Gasteiger partial charge < -0.3 is 11.1 Å². The number of hydrogen-bond donors (Lipinski definition) is 2. The largest absolute Gasteiger partial charge is 0.325 e. The molecule has 3 nitrogen and oxygen atoms in total. The quantitative estimate of drug-likeness (QED) is 0.883. The van der Waals surface area contributed by atoms with Crippen molar-refractivity contribution in [2.75, 3.05) is 5.32 Å². The van der Waals surface area contributed by atoms with Crippen molar-refractivity contribution in [1.29, 1.82) is 0 Å². The molecule has 0 fully saturated rings. The van der Waals surface area contributed by atoms with Gasteiger partial charge in [0.15, 0.2) is 0 Å². The van der Waals surface area contributed by atoms with Gasteiger partial charge in [-0.15, -0.1) is 12.4 Å². The molecular weight excluding hydrogens is 248 g/mol. The lowest BCUT2D eigenvalue weighted by atomic mass is 10.0. The topological polar surface area (TPSA) is 55.1 Å². The summed E-state index contributed by atoms with van der Waals surface area (Å²) in [7, 11) is 0. The van der Waals surface area contributed by atoms with Gasteiger partial charge in [-0.05, 0) is 29.5 Å². The fraction of sp³-hybridized carbons (Fsp3) is 0.500. The van der Waals surface area contributed by atoms with Gasteiger partial charge in [-0.2, -0.15) is 0 Å². The van der Waals surface area contributed by atoms with Crippen LogP contribution in [0.5, 0.6) is 0 Å². The highest BCUT2D eigenvalue weighted by molar-refractivity contribution is 5.94. The maximum absolute atomic E-state index is 11.8. The third-order valence-corrected chi connectivity index (χ3v) is 2.84. The fourth-order valence-electron chi connectivity index (χ4n) is 1.50. The summed E-state index contributed by atoms with van der Waals surface area (Å²) < 4.78 is 0. The molecule has 4 heteroatoms. The van der Waals surface area contributed by atoms with Gasteiger partial charge in [0.25, 0.3) is 0 Å². The Kier molecular flexibility index (Phi) is 6.96. The molecule has 1 aromatic carbocycles. The van der Waals surface area contributed by atoms with Crippen molar-refractivity contribution in [1.82, 2.24) is 0 Å². The molecule has 1 atom stereocenters. The molecule has 0 spiro atoms. The first-order valence-corrected chi connectivity index (χ1v) is 6.08. The average Bonchev–Trinajstić information content (AvgIpc) is 2.28. The second kappa shape index (κ2) is 7.39. The molecule has 3 N–H and O–H groups in total. The third kappa shape index (κ3) is 4.67.